The molecule has 21 heavy (non-hydrogen) atoms. The predicted molar refractivity (Wildman–Crippen MR) is 81.3 cm³/mol. The topological polar surface area (TPSA) is 67.4 Å². The number of nitrogens with zero attached hydrogens (tertiary/aromatic N) is 3. The SMILES string of the molecule is CCCNc1cncc(C(=O)N2CC(C)OCC2CC)n1. The Balaban J connectivity index is 2.13. The predicted octanol–water partition coefficient (Wildman–Crippen LogP) is 1.94. The highest BCUT2D eigenvalue weighted by molar-refractivity contribution is 5.92. The molecule has 0 saturated carbocycles. The highest BCUT2D eigenvalue weighted by Gasteiger charge is 2.30. The van der Waals surface area contributed by atoms with E-state index in [1.54, 1.807) is 6.20 Å². The zero-order chi connectivity index (χ0) is 15.2. The lowest BCUT2D eigenvalue weighted by molar-refractivity contribution is -0.0446. The number of ether oxygens (including phenoxy) is 1. The Hall–Kier alpha value is -1.69. The van der Waals surface area contributed by atoms with Crippen molar-refractivity contribution in [1.29, 1.82) is 0 Å². The second-order valence-corrected chi connectivity index (χ2v) is 5.38. The van der Waals surface area contributed by atoms with E-state index in [0.717, 1.165) is 19.4 Å². The zero-order valence-corrected chi connectivity index (χ0v) is 13.0. The first kappa shape index (κ1) is 15.7. The van der Waals surface area contributed by atoms with Gasteiger partial charge in [0, 0.05) is 13.1 Å². The molecule has 0 bridgehead atoms. The first-order valence-electron chi connectivity index (χ1n) is 7.64. The normalized spacial score (nSPS) is 22.1. The van der Waals surface area contributed by atoms with Gasteiger partial charge in [-0.3, -0.25) is 9.78 Å². The van der Waals surface area contributed by atoms with E-state index in [0.29, 0.717) is 24.7 Å². The lowest BCUT2D eigenvalue weighted by atomic mass is 10.1. The van der Waals surface area contributed by atoms with Crippen LogP contribution in [0.15, 0.2) is 12.4 Å². The minimum Gasteiger partial charge on any atom is -0.375 e. The Labute approximate surface area is 125 Å². The molecule has 2 unspecified atom stereocenters. The first-order chi connectivity index (χ1) is 10.2. The molecule has 116 valence electrons. The van der Waals surface area contributed by atoms with Gasteiger partial charge in [-0.2, -0.15) is 0 Å². The maximum atomic E-state index is 12.7. The van der Waals surface area contributed by atoms with Crippen molar-refractivity contribution in [1.82, 2.24) is 14.9 Å². The van der Waals surface area contributed by atoms with E-state index in [1.807, 2.05) is 11.8 Å². The van der Waals surface area contributed by atoms with Gasteiger partial charge < -0.3 is 15.0 Å². The van der Waals surface area contributed by atoms with E-state index >= 15 is 0 Å². The van der Waals surface area contributed by atoms with Crippen LogP contribution in [-0.4, -0.2) is 52.6 Å². The fraction of sp³-hybridized carbons (Fsp3) is 0.667. The molecule has 2 rings (SSSR count). The number of carbonyl (C=O) groups excluding carboxylic acids is 1. The number of hydrogen-bond donors (Lipinski definition) is 1. The second kappa shape index (κ2) is 7.36. The van der Waals surface area contributed by atoms with Crippen LogP contribution in [0, 0.1) is 0 Å². The minimum atomic E-state index is -0.0651. The van der Waals surface area contributed by atoms with Crippen molar-refractivity contribution in [3.8, 4) is 0 Å². The van der Waals surface area contributed by atoms with E-state index in [2.05, 4.69) is 29.1 Å². The van der Waals surface area contributed by atoms with Gasteiger partial charge in [-0.1, -0.05) is 13.8 Å². The van der Waals surface area contributed by atoms with Gasteiger partial charge in [0.25, 0.3) is 5.91 Å². The number of amides is 1. The van der Waals surface area contributed by atoms with Gasteiger partial charge in [-0.05, 0) is 19.8 Å². The number of nitrogens with one attached hydrogen (secondary N) is 1. The largest absolute Gasteiger partial charge is 0.375 e. The van der Waals surface area contributed by atoms with E-state index in [9.17, 15) is 4.79 Å². The molecule has 1 saturated heterocycles. The summed E-state index contributed by atoms with van der Waals surface area (Å²) in [5.74, 6) is 0.585. The monoisotopic (exact) mass is 292 g/mol. The summed E-state index contributed by atoms with van der Waals surface area (Å²) in [7, 11) is 0. The van der Waals surface area contributed by atoms with Crippen LogP contribution in [0.1, 0.15) is 44.1 Å². The Morgan fingerprint density at radius 3 is 3.00 bits per heavy atom. The maximum absolute atomic E-state index is 12.7. The van der Waals surface area contributed by atoms with E-state index in [4.69, 9.17) is 4.74 Å². The summed E-state index contributed by atoms with van der Waals surface area (Å²) in [4.78, 5) is 23.0. The van der Waals surface area contributed by atoms with Crippen molar-refractivity contribution < 1.29 is 9.53 Å². The summed E-state index contributed by atoms with van der Waals surface area (Å²) in [6, 6.07) is 0.114. The highest BCUT2D eigenvalue weighted by Crippen LogP contribution is 2.17. The van der Waals surface area contributed by atoms with Gasteiger partial charge in [0.1, 0.15) is 11.5 Å². The van der Waals surface area contributed by atoms with Gasteiger partial charge in [0.15, 0.2) is 0 Å². The molecule has 2 atom stereocenters. The lowest BCUT2D eigenvalue weighted by Crippen LogP contribution is -2.51. The van der Waals surface area contributed by atoms with Gasteiger partial charge in [-0.25, -0.2) is 4.98 Å². The number of rotatable bonds is 5. The van der Waals surface area contributed by atoms with Gasteiger partial charge in [0.05, 0.1) is 31.1 Å². The van der Waals surface area contributed by atoms with Crippen LogP contribution in [0.5, 0.6) is 0 Å². The van der Waals surface area contributed by atoms with Crippen molar-refractivity contribution in [3.63, 3.8) is 0 Å². The Bertz CT molecular complexity index is 480. The van der Waals surface area contributed by atoms with Crippen LogP contribution in [-0.2, 0) is 4.74 Å². The molecule has 6 heteroatoms. The fourth-order valence-electron chi connectivity index (χ4n) is 2.39. The molecule has 2 heterocycles. The highest BCUT2D eigenvalue weighted by atomic mass is 16.5. The quantitative estimate of drug-likeness (QED) is 0.898. The number of anilines is 1. The summed E-state index contributed by atoms with van der Waals surface area (Å²) >= 11 is 0. The van der Waals surface area contributed by atoms with Crippen LogP contribution in [0.4, 0.5) is 5.82 Å². The molecular weight excluding hydrogens is 268 g/mol. The first-order valence-corrected chi connectivity index (χ1v) is 7.64. The Morgan fingerprint density at radius 2 is 2.29 bits per heavy atom. The van der Waals surface area contributed by atoms with Crippen molar-refractivity contribution in [2.75, 3.05) is 25.0 Å². The molecule has 1 fully saturated rings. The molecule has 6 nitrogen and oxygen atoms in total. The lowest BCUT2D eigenvalue weighted by Gasteiger charge is -2.38. The standard InChI is InChI=1S/C15H24N4O2/c1-4-6-17-14-8-16-7-13(18-14)15(20)19-9-11(3)21-10-12(19)5-2/h7-8,11-12H,4-6,9-10H2,1-3H3,(H,17,18). The summed E-state index contributed by atoms with van der Waals surface area (Å²) in [5, 5.41) is 3.16. The number of hydrogen-bond acceptors (Lipinski definition) is 5. The third-order valence-electron chi connectivity index (χ3n) is 3.61. The summed E-state index contributed by atoms with van der Waals surface area (Å²) < 4.78 is 5.63. The smallest absolute Gasteiger partial charge is 0.274 e. The molecule has 1 amide bonds. The molecule has 0 aromatic carbocycles. The van der Waals surface area contributed by atoms with Crippen LogP contribution >= 0.6 is 0 Å². The van der Waals surface area contributed by atoms with Crippen molar-refractivity contribution in [2.45, 2.75) is 45.8 Å². The third kappa shape index (κ3) is 3.91. The van der Waals surface area contributed by atoms with Gasteiger partial charge >= 0.3 is 0 Å². The van der Waals surface area contributed by atoms with E-state index in [-0.39, 0.29) is 18.1 Å². The molecular formula is C15H24N4O2. The number of carbonyl (C=O) groups is 1. The molecule has 1 N–H and O–H groups in total. The second-order valence-electron chi connectivity index (χ2n) is 5.38. The Morgan fingerprint density at radius 1 is 1.48 bits per heavy atom. The maximum Gasteiger partial charge on any atom is 0.274 e. The van der Waals surface area contributed by atoms with Crippen LogP contribution in [0.2, 0.25) is 0 Å². The van der Waals surface area contributed by atoms with Gasteiger partial charge in [0.2, 0.25) is 0 Å². The van der Waals surface area contributed by atoms with Crippen LogP contribution in [0.3, 0.4) is 0 Å². The Kier molecular flexibility index (Phi) is 5.50. The van der Waals surface area contributed by atoms with Gasteiger partial charge in [-0.15, -0.1) is 0 Å². The van der Waals surface area contributed by atoms with Crippen LogP contribution < -0.4 is 5.32 Å². The van der Waals surface area contributed by atoms with Crippen LogP contribution in [0.25, 0.3) is 0 Å². The average Bonchev–Trinajstić information content (AvgIpc) is 2.52. The summed E-state index contributed by atoms with van der Waals surface area (Å²) in [6.45, 7) is 8.14. The zero-order valence-electron chi connectivity index (χ0n) is 13.0. The molecule has 1 aromatic heterocycles. The molecule has 0 spiro atoms. The van der Waals surface area contributed by atoms with Crippen molar-refractivity contribution in [2.24, 2.45) is 0 Å². The number of morpholine rings is 1. The van der Waals surface area contributed by atoms with E-state index < -0.39 is 0 Å². The van der Waals surface area contributed by atoms with Crippen molar-refractivity contribution >= 4 is 11.7 Å². The molecule has 0 aliphatic carbocycles. The fourth-order valence-corrected chi connectivity index (χ4v) is 2.39. The van der Waals surface area contributed by atoms with Crippen molar-refractivity contribution in [3.05, 3.63) is 18.1 Å². The van der Waals surface area contributed by atoms with E-state index in [1.165, 1.54) is 6.20 Å². The summed E-state index contributed by atoms with van der Waals surface area (Å²) in [5.41, 5.74) is 0.392. The number of aromatic nitrogens is 2. The average molecular weight is 292 g/mol. The summed E-state index contributed by atoms with van der Waals surface area (Å²) in [6.07, 6.45) is 5.11. The molecule has 0 radical (unpaired) electrons. The molecule has 1 aliphatic heterocycles. The minimum absolute atomic E-state index is 0.0612. The molecule has 1 aliphatic rings. The molecule has 1 aromatic rings. The third-order valence-corrected chi connectivity index (χ3v) is 3.61.